The number of carbonyl (C=O) groups is 1. The van der Waals surface area contributed by atoms with Gasteiger partial charge in [0.2, 0.25) is 5.95 Å². The molecule has 0 saturated carbocycles. The number of carboxylic acids is 1. The Morgan fingerprint density at radius 1 is 1.07 bits per heavy atom. The maximum absolute atomic E-state index is 13.5. The molecule has 12 heteroatoms. The standard InChI is InChI=1S/C28H25N9O3/c1-17-11-21(18(2)33-23-6-4-3-5-20(23)27(39)40)25-34-24(22(13-30)26(38)37(25)16-17)35-7-9-36(10-8-35)28-31-14-19(12-29)15-32-28/h3-6,11,14-16,18,33H,7-10H2,1-2H3,(H,39,40). The molecule has 1 fully saturated rings. The van der Waals surface area contributed by atoms with Gasteiger partial charge >= 0.3 is 5.97 Å². The monoisotopic (exact) mass is 535 g/mol. The normalized spacial score (nSPS) is 13.9. The number of nitrogens with one attached hydrogen (secondary N) is 1. The first-order chi connectivity index (χ1) is 19.3. The molecule has 2 N–H and O–H groups in total. The van der Waals surface area contributed by atoms with Crippen LogP contribution in [0.4, 0.5) is 17.5 Å². The largest absolute Gasteiger partial charge is 0.478 e. The van der Waals surface area contributed by atoms with Gasteiger partial charge in [0, 0.05) is 43.6 Å². The van der Waals surface area contributed by atoms with Crippen LogP contribution in [-0.4, -0.2) is 56.6 Å². The van der Waals surface area contributed by atoms with Gasteiger partial charge in [-0.1, -0.05) is 12.1 Å². The van der Waals surface area contributed by atoms with E-state index >= 15 is 0 Å². The summed E-state index contributed by atoms with van der Waals surface area (Å²) in [5, 5.41) is 31.8. The highest BCUT2D eigenvalue weighted by Crippen LogP contribution is 2.27. The number of rotatable bonds is 6. The van der Waals surface area contributed by atoms with Crippen LogP contribution in [0.2, 0.25) is 0 Å². The first-order valence-corrected chi connectivity index (χ1v) is 12.6. The molecule has 200 valence electrons. The molecule has 5 rings (SSSR count). The molecule has 0 spiro atoms. The molecule has 0 bridgehead atoms. The fourth-order valence-electron chi connectivity index (χ4n) is 4.81. The van der Waals surface area contributed by atoms with Crippen LogP contribution in [-0.2, 0) is 0 Å². The molecular formula is C28H25N9O3. The highest BCUT2D eigenvalue weighted by atomic mass is 16.4. The predicted octanol–water partition coefficient (Wildman–Crippen LogP) is 2.73. The van der Waals surface area contributed by atoms with Crippen molar-refractivity contribution < 1.29 is 9.90 Å². The maximum atomic E-state index is 13.5. The number of fused-ring (bicyclic) bond motifs is 1. The van der Waals surface area contributed by atoms with Gasteiger partial charge < -0.3 is 20.2 Å². The SMILES string of the molecule is Cc1cc(C(C)Nc2ccccc2C(=O)O)c2nc(N3CCN(c4ncc(C#N)cn4)CC3)c(C#N)c(=O)n2c1. The molecule has 1 saturated heterocycles. The topological polar surface area (TPSA) is 164 Å². The minimum Gasteiger partial charge on any atom is -0.478 e. The maximum Gasteiger partial charge on any atom is 0.337 e. The van der Waals surface area contributed by atoms with Gasteiger partial charge in [-0.2, -0.15) is 10.5 Å². The van der Waals surface area contributed by atoms with Crippen molar-refractivity contribution in [2.45, 2.75) is 19.9 Å². The van der Waals surface area contributed by atoms with Crippen LogP contribution in [0.5, 0.6) is 0 Å². The van der Waals surface area contributed by atoms with E-state index in [1.54, 1.807) is 24.4 Å². The van der Waals surface area contributed by atoms with E-state index in [-0.39, 0.29) is 11.1 Å². The number of benzene rings is 1. The van der Waals surface area contributed by atoms with Crippen LogP contribution in [0.25, 0.3) is 5.65 Å². The second kappa shape index (κ2) is 10.7. The number of pyridine rings is 1. The molecule has 40 heavy (non-hydrogen) atoms. The minimum atomic E-state index is -1.05. The number of para-hydroxylation sites is 1. The van der Waals surface area contributed by atoms with Gasteiger partial charge in [-0.25, -0.2) is 19.7 Å². The summed E-state index contributed by atoms with van der Waals surface area (Å²) < 4.78 is 1.38. The Morgan fingerprint density at radius 2 is 1.75 bits per heavy atom. The number of nitriles is 2. The zero-order valence-electron chi connectivity index (χ0n) is 21.9. The second-order valence-corrected chi connectivity index (χ2v) is 9.47. The lowest BCUT2D eigenvalue weighted by atomic mass is 10.1. The van der Waals surface area contributed by atoms with Crippen molar-refractivity contribution in [2.75, 3.05) is 41.3 Å². The van der Waals surface area contributed by atoms with Crippen molar-refractivity contribution in [3.63, 3.8) is 0 Å². The Morgan fingerprint density at radius 3 is 2.40 bits per heavy atom. The lowest BCUT2D eigenvalue weighted by Crippen LogP contribution is -2.48. The van der Waals surface area contributed by atoms with Crippen LogP contribution < -0.4 is 20.7 Å². The van der Waals surface area contributed by atoms with Crippen molar-refractivity contribution in [1.29, 1.82) is 10.5 Å². The Hall–Kier alpha value is -5.49. The van der Waals surface area contributed by atoms with E-state index in [0.29, 0.717) is 60.4 Å². The molecule has 1 atom stereocenters. The third kappa shape index (κ3) is 4.86. The van der Waals surface area contributed by atoms with Crippen molar-refractivity contribution in [3.05, 3.63) is 87.1 Å². The summed E-state index contributed by atoms with van der Waals surface area (Å²) in [4.78, 5) is 42.5. The lowest BCUT2D eigenvalue weighted by molar-refractivity contribution is 0.0698. The van der Waals surface area contributed by atoms with E-state index in [0.717, 1.165) is 5.56 Å². The summed E-state index contributed by atoms with van der Waals surface area (Å²) in [6.45, 7) is 5.72. The Kier molecular flexibility index (Phi) is 7.00. The molecule has 0 radical (unpaired) electrons. The number of anilines is 3. The van der Waals surface area contributed by atoms with Crippen LogP contribution in [0, 0.1) is 29.6 Å². The van der Waals surface area contributed by atoms with E-state index in [9.17, 15) is 20.0 Å². The summed E-state index contributed by atoms with van der Waals surface area (Å²) in [7, 11) is 0. The van der Waals surface area contributed by atoms with Gasteiger partial charge in [-0.05, 0) is 37.6 Å². The van der Waals surface area contributed by atoms with Crippen molar-refractivity contribution >= 4 is 29.1 Å². The summed E-state index contributed by atoms with van der Waals surface area (Å²) >= 11 is 0. The molecular weight excluding hydrogens is 510 g/mol. The zero-order chi connectivity index (χ0) is 28.4. The van der Waals surface area contributed by atoms with Gasteiger partial charge in [0.15, 0.2) is 11.4 Å². The Bertz CT molecular complexity index is 1740. The third-order valence-corrected chi connectivity index (χ3v) is 6.81. The second-order valence-electron chi connectivity index (χ2n) is 9.47. The number of nitrogens with zero attached hydrogens (tertiary/aromatic N) is 8. The number of piperazine rings is 1. The number of hydrogen-bond acceptors (Lipinski definition) is 10. The van der Waals surface area contributed by atoms with Crippen molar-refractivity contribution in [2.24, 2.45) is 0 Å². The molecule has 1 aliphatic heterocycles. The molecule has 3 aromatic heterocycles. The third-order valence-electron chi connectivity index (χ3n) is 6.81. The van der Waals surface area contributed by atoms with E-state index in [4.69, 9.17) is 10.2 Å². The first-order valence-electron chi connectivity index (χ1n) is 12.6. The van der Waals surface area contributed by atoms with Crippen LogP contribution in [0.3, 0.4) is 0 Å². The number of aryl methyl sites for hydroxylation is 1. The van der Waals surface area contributed by atoms with Crippen molar-refractivity contribution in [3.8, 4) is 12.1 Å². The lowest BCUT2D eigenvalue weighted by Gasteiger charge is -2.35. The van der Waals surface area contributed by atoms with Gasteiger partial charge in [-0.3, -0.25) is 9.20 Å². The Balaban J connectivity index is 1.50. The highest BCUT2D eigenvalue weighted by molar-refractivity contribution is 5.94. The quantitative estimate of drug-likeness (QED) is 0.373. The number of aromatic nitrogens is 4. The van der Waals surface area contributed by atoms with E-state index in [2.05, 4.69) is 15.3 Å². The number of aromatic carboxylic acids is 1. The summed E-state index contributed by atoms with van der Waals surface area (Å²) in [6, 6.07) is 12.2. The molecule has 4 heterocycles. The molecule has 0 amide bonds. The molecule has 1 aliphatic rings. The smallest absolute Gasteiger partial charge is 0.337 e. The summed E-state index contributed by atoms with van der Waals surface area (Å²) in [5.41, 5.74) is 2.30. The van der Waals surface area contributed by atoms with E-state index in [1.165, 1.54) is 22.9 Å². The van der Waals surface area contributed by atoms with Gasteiger partial charge in [0.1, 0.15) is 17.8 Å². The van der Waals surface area contributed by atoms with E-state index < -0.39 is 17.6 Å². The molecule has 0 aliphatic carbocycles. The van der Waals surface area contributed by atoms with Crippen LogP contribution in [0.15, 0.2) is 53.7 Å². The van der Waals surface area contributed by atoms with Gasteiger partial charge in [0.05, 0.1) is 29.6 Å². The van der Waals surface area contributed by atoms with Gasteiger partial charge in [-0.15, -0.1) is 0 Å². The fraction of sp³-hybridized carbons (Fsp3) is 0.250. The van der Waals surface area contributed by atoms with Crippen LogP contribution >= 0.6 is 0 Å². The Labute approximate surface area is 229 Å². The molecule has 1 aromatic carbocycles. The highest BCUT2D eigenvalue weighted by Gasteiger charge is 2.26. The molecule has 12 nitrogen and oxygen atoms in total. The predicted molar refractivity (Wildman–Crippen MR) is 148 cm³/mol. The molecule has 4 aromatic rings. The molecule has 1 unspecified atom stereocenters. The first kappa shape index (κ1) is 26.1. The van der Waals surface area contributed by atoms with Gasteiger partial charge in [0.25, 0.3) is 5.56 Å². The number of hydrogen-bond donors (Lipinski definition) is 2. The summed E-state index contributed by atoms with van der Waals surface area (Å²) in [5.74, 6) is -0.244. The minimum absolute atomic E-state index is 0.0473. The average Bonchev–Trinajstić information content (AvgIpc) is 2.97. The summed E-state index contributed by atoms with van der Waals surface area (Å²) in [6.07, 6.45) is 4.60. The zero-order valence-corrected chi connectivity index (χ0v) is 21.9. The van der Waals surface area contributed by atoms with Crippen molar-refractivity contribution in [1.82, 2.24) is 19.4 Å². The van der Waals surface area contributed by atoms with Crippen LogP contribution in [0.1, 0.15) is 45.6 Å². The van der Waals surface area contributed by atoms with E-state index in [1.807, 2.05) is 41.9 Å². The average molecular weight is 536 g/mol. The number of carboxylic acid groups (broad SMARTS) is 1. The fourth-order valence-corrected chi connectivity index (χ4v) is 4.81.